The minimum Gasteiger partial charge on any atom is -0.496 e. The fourth-order valence-corrected chi connectivity index (χ4v) is 3.88. The largest absolute Gasteiger partial charge is 0.496 e. The quantitative estimate of drug-likeness (QED) is 0.892. The van der Waals surface area contributed by atoms with Gasteiger partial charge in [-0.1, -0.05) is 37.5 Å². The number of hydrogen-bond acceptors (Lipinski definition) is 3. The highest BCUT2D eigenvalue weighted by Crippen LogP contribution is 2.19. The number of urea groups is 1. The summed E-state index contributed by atoms with van der Waals surface area (Å²) in [5.74, 6) is 0.966. The number of carbonyl (C=O) groups excluding carboxylic acids is 1. The smallest absolute Gasteiger partial charge is 0.317 e. The van der Waals surface area contributed by atoms with Crippen LogP contribution in [-0.4, -0.2) is 61.7 Å². The van der Waals surface area contributed by atoms with E-state index in [1.807, 2.05) is 17.0 Å². The first-order chi connectivity index (χ1) is 12.3. The van der Waals surface area contributed by atoms with Gasteiger partial charge in [0.05, 0.1) is 7.11 Å². The van der Waals surface area contributed by atoms with Crippen molar-refractivity contribution in [2.24, 2.45) is 0 Å². The van der Waals surface area contributed by atoms with E-state index in [0.29, 0.717) is 6.04 Å². The normalized spacial score (nSPS) is 19.6. The number of hydrogen-bond donors (Lipinski definition) is 1. The SMILES string of the molecule is COc1ccccc1CCN1CCN(C(=O)NC2CCCCC2)CC1. The lowest BCUT2D eigenvalue weighted by atomic mass is 9.96. The summed E-state index contributed by atoms with van der Waals surface area (Å²) in [7, 11) is 1.72. The third-order valence-corrected chi connectivity index (χ3v) is 5.48. The number of para-hydroxylation sites is 1. The van der Waals surface area contributed by atoms with Crippen LogP contribution in [0.25, 0.3) is 0 Å². The molecule has 1 N–H and O–H groups in total. The van der Waals surface area contributed by atoms with Gasteiger partial charge in [0.25, 0.3) is 0 Å². The minimum atomic E-state index is 0.135. The van der Waals surface area contributed by atoms with E-state index in [4.69, 9.17) is 4.74 Å². The molecule has 0 unspecified atom stereocenters. The van der Waals surface area contributed by atoms with Gasteiger partial charge in [-0.25, -0.2) is 4.79 Å². The van der Waals surface area contributed by atoms with Gasteiger partial charge in [-0.05, 0) is 30.9 Å². The summed E-state index contributed by atoms with van der Waals surface area (Å²) >= 11 is 0. The maximum absolute atomic E-state index is 12.4. The number of ether oxygens (including phenoxy) is 1. The van der Waals surface area contributed by atoms with Crippen LogP contribution in [0.15, 0.2) is 24.3 Å². The molecule has 138 valence electrons. The zero-order valence-corrected chi connectivity index (χ0v) is 15.4. The average molecular weight is 345 g/mol. The lowest BCUT2D eigenvalue weighted by Crippen LogP contribution is -2.53. The standard InChI is InChI=1S/C20H31N3O2/c1-25-19-10-6-5-7-17(19)11-12-22-13-15-23(16-14-22)20(24)21-18-8-3-2-4-9-18/h5-7,10,18H,2-4,8-9,11-16H2,1H3,(H,21,24). The minimum absolute atomic E-state index is 0.135. The predicted octanol–water partition coefficient (Wildman–Crippen LogP) is 2.90. The molecule has 25 heavy (non-hydrogen) atoms. The van der Waals surface area contributed by atoms with Crippen LogP contribution in [0.3, 0.4) is 0 Å². The molecule has 0 atom stereocenters. The molecule has 2 aliphatic rings. The van der Waals surface area contributed by atoms with Crippen molar-refractivity contribution in [3.05, 3.63) is 29.8 Å². The fraction of sp³-hybridized carbons (Fsp3) is 0.650. The van der Waals surface area contributed by atoms with E-state index in [0.717, 1.165) is 57.7 Å². The van der Waals surface area contributed by atoms with Gasteiger partial charge in [-0.3, -0.25) is 4.90 Å². The Morgan fingerprint density at radius 1 is 1.12 bits per heavy atom. The monoisotopic (exact) mass is 345 g/mol. The van der Waals surface area contributed by atoms with Crippen LogP contribution >= 0.6 is 0 Å². The highest BCUT2D eigenvalue weighted by atomic mass is 16.5. The van der Waals surface area contributed by atoms with Crippen LogP contribution in [0.5, 0.6) is 5.75 Å². The van der Waals surface area contributed by atoms with Crippen molar-refractivity contribution in [3.63, 3.8) is 0 Å². The Labute approximate surface area is 151 Å². The summed E-state index contributed by atoms with van der Waals surface area (Å²) in [6.45, 7) is 4.56. The molecule has 1 aliphatic carbocycles. The van der Waals surface area contributed by atoms with Crippen LogP contribution in [0.1, 0.15) is 37.7 Å². The van der Waals surface area contributed by atoms with E-state index < -0.39 is 0 Å². The molecule has 5 nitrogen and oxygen atoms in total. The van der Waals surface area contributed by atoms with E-state index in [1.165, 1.54) is 24.8 Å². The Kier molecular flexibility index (Phi) is 6.56. The molecular weight excluding hydrogens is 314 g/mol. The second-order valence-electron chi connectivity index (χ2n) is 7.17. The predicted molar refractivity (Wildman–Crippen MR) is 100 cm³/mol. The summed E-state index contributed by atoms with van der Waals surface area (Å²) in [5.41, 5.74) is 1.25. The number of amides is 2. The van der Waals surface area contributed by atoms with Crippen LogP contribution in [0.2, 0.25) is 0 Å². The van der Waals surface area contributed by atoms with Gasteiger partial charge >= 0.3 is 6.03 Å². The highest BCUT2D eigenvalue weighted by molar-refractivity contribution is 5.74. The van der Waals surface area contributed by atoms with Crippen LogP contribution in [0, 0.1) is 0 Å². The molecule has 1 saturated carbocycles. The molecule has 3 rings (SSSR count). The Balaban J connectivity index is 1.40. The van der Waals surface area contributed by atoms with Crippen molar-refractivity contribution in [1.82, 2.24) is 15.1 Å². The molecule has 2 fully saturated rings. The number of rotatable bonds is 5. The number of piperazine rings is 1. The van der Waals surface area contributed by atoms with Crippen molar-refractivity contribution in [1.29, 1.82) is 0 Å². The summed E-state index contributed by atoms with van der Waals surface area (Å²) in [4.78, 5) is 16.8. The van der Waals surface area contributed by atoms with Gasteiger partial charge in [0, 0.05) is 38.8 Å². The summed E-state index contributed by atoms with van der Waals surface area (Å²) in [6, 6.07) is 8.74. The first kappa shape index (κ1) is 18.1. The number of nitrogens with zero attached hydrogens (tertiary/aromatic N) is 2. The third-order valence-electron chi connectivity index (χ3n) is 5.48. The first-order valence-electron chi connectivity index (χ1n) is 9.66. The molecule has 0 spiro atoms. The van der Waals surface area contributed by atoms with Crippen molar-refractivity contribution >= 4 is 6.03 Å². The molecule has 0 radical (unpaired) electrons. The Hall–Kier alpha value is -1.75. The Morgan fingerprint density at radius 3 is 2.56 bits per heavy atom. The molecule has 0 aromatic heterocycles. The van der Waals surface area contributed by atoms with Crippen LogP contribution in [0.4, 0.5) is 4.79 Å². The van der Waals surface area contributed by atoms with Gasteiger partial charge in [0.1, 0.15) is 5.75 Å². The summed E-state index contributed by atoms with van der Waals surface area (Å²) in [5, 5.41) is 3.23. The van der Waals surface area contributed by atoms with Gasteiger partial charge in [0.15, 0.2) is 0 Å². The molecule has 0 bridgehead atoms. The summed E-state index contributed by atoms with van der Waals surface area (Å²) < 4.78 is 5.43. The third kappa shape index (κ3) is 5.11. The van der Waals surface area contributed by atoms with Crippen molar-refractivity contribution in [2.45, 2.75) is 44.6 Å². The maximum atomic E-state index is 12.4. The van der Waals surface area contributed by atoms with E-state index in [-0.39, 0.29) is 6.03 Å². The molecule has 5 heteroatoms. The lowest BCUT2D eigenvalue weighted by Gasteiger charge is -2.36. The van der Waals surface area contributed by atoms with E-state index in [9.17, 15) is 4.79 Å². The van der Waals surface area contributed by atoms with Gasteiger partial charge in [-0.2, -0.15) is 0 Å². The second-order valence-corrected chi connectivity index (χ2v) is 7.17. The number of benzene rings is 1. The highest BCUT2D eigenvalue weighted by Gasteiger charge is 2.23. The van der Waals surface area contributed by atoms with Crippen molar-refractivity contribution in [2.75, 3.05) is 39.8 Å². The van der Waals surface area contributed by atoms with Gasteiger partial charge in [0.2, 0.25) is 0 Å². The topological polar surface area (TPSA) is 44.8 Å². The zero-order chi connectivity index (χ0) is 17.5. The molecule has 1 saturated heterocycles. The van der Waals surface area contributed by atoms with Gasteiger partial charge < -0.3 is 15.0 Å². The molecule has 1 heterocycles. The Morgan fingerprint density at radius 2 is 1.84 bits per heavy atom. The lowest BCUT2D eigenvalue weighted by molar-refractivity contribution is 0.136. The fourth-order valence-electron chi connectivity index (χ4n) is 3.88. The number of carbonyl (C=O) groups is 1. The van der Waals surface area contributed by atoms with E-state index in [1.54, 1.807) is 7.11 Å². The molecule has 1 aromatic rings. The van der Waals surface area contributed by atoms with Crippen molar-refractivity contribution < 1.29 is 9.53 Å². The van der Waals surface area contributed by atoms with Crippen LogP contribution in [-0.2, 0) is 6.42 Å². The molecule has 1 aromatic carbocycles. The zero-order valence-electron chi connectivity index (χ0n) is 15.4. The molecule has 2 amide bonds. The summed E-state index contributed by atoms with van der Waals surface area (Å²) in [6.07, 6.45) is 7.09. The van der Waals surface area contributed by atoms with E-state index >= 15 is 0 Å². The Bertz CT molecular complexity index is 550. The number of methoxy groups -OCH3 is 1. The molecule has 1 aliphatic heterocycles. The first-order valence-corrected chi connectivity index (χ1v) is 9.66. The van der Waals surface area contributed by atoms with E-state index in [2.05, 4.69) is 22.3 Å². The van der Waals surface area contributed by atoms with Gasteiger partial charge in [-0.15, -0.1) is 0 Å². The maximum Gasteiger partial charge on any atom is 0.317 e. The molecular formula is C20H31N3O2. The van der Waals surface area contributed by atoms with Crippen molar-refractivity contribution in [3.8, 4) is 5.75 Å². The second kappa shape index (κ2) is 9.09. The number of nitrogens with one attached hydrogen (secondary N) is 1. The van der Waals surface area contributed by atoms with Crippen LogP contribution < -0.4 is 10.1 Å². The average Bonchev–Trinajstić information content (AvgIpc) is 2.67.